The Morgan fingerprint density at radius 3 is 2.57 bits per heavy atom. The smallest absolute Gasteiger partial charge is 0.0992 e. The molecule has 1 heterocycles. The maximum absolute atomic E-state index is 5.19. The van der Waals surface area contributed by atoms with Crippen molar-refractivity contribution in [2.45, 2.75) is 13.0 Å². The summed E-state index contributed by atoms with van der Waals surface area (Å²) in [5.41, 5.74) is 0. The minimum absolute atomic E-state index is 0.449. The summed E-state index contributed by atoms with van der Waals surface area (Å²) in [4.78, 5) is 2.16. The molecule has 1 aliphatic rings. The van der Waals surface area contributed by atoms with Gasteiger partial charge in [-0.1, -0.05) is 0 Å². The minimum atomic E-state index is 0.449. The van der Waals surface area contributed by atoms with Gasteiger partial charge >= 0.3 is 0 Å². The molecule has 1 saturated heterocycles. The van der Waals surface area contributed by atoms with Crippen molar-refractivity contribution in [1.29, 1.82) is 0 Å². The molecule has 2 heteroatoms. The van der Waals surface area contributed by atoms with Gasteiger partial charge < -0.3 is 4.74 Å². The zero-order chi connectivity index (χ0) is 5.28. The van der Waals surface area contributed by atoms with Gasteiger partial charge in [-0.15, -0.1) is 0 Å². The molecule has 0 aromatic rings. The molecule has 0 amide bonds. The maximum Gasteiger partial charge on any atom is 0.0992 e. The summed E-state index contributed by atoms with van der Waals surface area (Å²) >= 11 is 0. The highest BCUT2D eigenvalue weighted by atomic mass is 16.5. The lowest BCUT2D eigenvalue weighted by Gasteiger charge is -1.99. The number of hydrogen-bond acceptors (Lipinski definition) is 2. The molecule has 0 saturated carbocycles. The molecule has 7 heavy (non-hydrogen) atoms. The molecule has 1 aliphatic heterocycles. The van der Waals surface area contributed by atoms with Gasteiger partial charge in [0, 0.05) is 6.54 Å². The fraction of sp³-hybridized carbons (Fsp3) is 1.00. The Balaban J connectivity index is 2.26. The zero-order valence-electron chi connectivity index (χ0n) is 4.85. The van der Waals surface area contributed by atoms with E-state index in [-0.39, 0.29) is 0 Å². The van der Waals surface area contributed by atoms with Crippen molar-refractivity contribution in [2.24, 2.45) is 0 Å². The number of ether oxygens (including phenoxy) is 1. The molecule has 0 aromatic heterocycles. The van der Waals surface area contributed by atoms with Crippen LogP contribution in [-0.2, 0) is 4.74 Å². The lowest BCUT2D eigenvalue weighted by atomic mass is 10.4. The van der Waals surface area contributed by atoms with E-state index < -0.39 is 0 Å². The molecule has 1 atom stereocenters. The Labute approximate surface area is 44.1 Å². The summed E-state index contributed by atoms with van der Waals surface area (Å²) in [6, 6.07) is 0. The van der Waals surface area contributed by atoms with Crippen molar-refractivity contribution >= 4 is 0 Å². The van der Waals surface area contributed by atoms with Gasteiger partial charge in [0.25, 0.3) is 0 Å². The monoisotopic (exact) mass is 101 g/mol. The Hall–Kier alpha value is -0.0800. The second kappa shape index (κ2) is 1.80. The van der Waals surface area contributed by atoms with E-state index >= 15 is 0 Å². The number of likely N-dealkylation sites (N-methyl/N-ethyl adjacent to an activating group) is 1. The Bertz CT molecular complexity index is 57.1. The first-order valence-corrected chi connectivity index (χ1v) is 2.59. The van der Waals surface area contributed by atoms with Gasteiger partial charge in [-0.2, -0.15) is 0 Å². The van der Waals surface area contributed by atoms with E-state index in [1.54, 1.807) is 0 Å². The third kappa shape index (κ3) is 1.14. The lowest BCUT2D eigenvalue weighted by molar-refractivity contribution is 0.106. The Kier molecular flexibility index (Phi) is 1.30. The third-order valence-corrected chi connectivity index (χ3v) is 1.15. The standard InChI is InChI=1S/C5H11NO/c1-5-3-6(2)4-7-5/h5H,3-4H2,1-2H3/t5-/m0/s1. The van der Waals surface area contributed by atoms with Gasteiger partial charge in [0.05, 0.1) is 12.8 Å². The van der Waals surface area contributed by atoms with Gasteiger partial charge in [0.2, 0.25) is 0 Å². The average Bonchev–Trinajstić information content (AvgIpc) is 1.87. The van der Waals surface area contributed by atoms with E-state index in [1.807, 2.05) is 0 Å². The summed E-state index contributed by atoms with van der Waals surface area (Å²) in [6.07, 6.45) is 0.449. The highest BCUT2D eigenvalue weighted by Gasteiger charge is 2.13. The number of rotatable bonds is 0. The van der Waals surface area contributed by atoms with Crippen molar-refractivity contribution in [3.05, 3.63) is 0 Å². The normalized spacial score (nSPS) is 34.3. The molecular formula is C5H11NO. The van der Waals surface area contributed by atoms with Crippen LogP contribution in [0.4, 0.5) is 0 Å². The summed E-state index contributed by atoms with van der Waals surface area (Å²) in [5, 5.41) is 0. The average molecular weight is 101 g/mol. The van der Waals surface area contributed by atoms with Crippen molar-refractivity contribution in [3.63, 3.8) is 0 Å². The van der Waals surface area contributed by atoms with Gasteiger partial charge in [-0.25, -0.2) is 0 Å². The highest BCUT2D eigenvalue weighted by molar-refractivity contribution is 4.60. The molecule has 0 aliphatic carbocycles. The van der Waals surface area contributed by atoms with E-state index in [0.29, 0.717) is 6.10 Å². The van der Waals surface area contributed by atoms with E-state index in [4.69, 9.17) is 4.74 Å². The second-order valence-electron chi connectivity index (χ2n) is 2.15. The van der Waals surface area contributed by atoms with Crippen molar-refractivity contribution in [1.82, 2.24) is 4.90 Å². The molecule has 0 bridgehead atoms. The Morgan fingerprint density at radius 2 is 2.43 bits per heavy atom. The fourth-order valence-electron chi connectivity index (χ4n) is 0.799. The predicted octanol–water partition coefficient (Wildman–Crippen LogP) is 0.294. The van der Waals surface area contributed by atoms with Crippen LogP contribution in [0.2, 0.25) is 0 Å². The Morgan fingerprint density at radius 1 is 1.71 bits per heavy atom. The van der Waals surface area contributed by atoms with E-state index in [1.165, 1.54) is 0 Å². The SMILES string of the molecule is C[C@H]1CN(C)CO1. The quantitative estimate of drug-likeness (QED) is 0.435. The summed E-state index contributed by atoms with van der Waals surface area (Å²) < 4.78 is 5.19. The summed E-state index contributed by atoms with van der Waals surface area (Å²) in [7, 11) is 2.06. The van der Waals surface area contributed by atoms with Crippen LogP contribution in [0, 0.1) is 0 Å². The molecule has 0 aromatic carbocycles. The molecule has 2 nitrogen and oxygen atoms in total. The largest absolute Gasteiger partial charge is 0.362 e. The fourth-order valence-corrected chi connectivity index (χ4v) is 0.799. The van der Waals surface area contributed by atoms with Gasteiger partial charge in [-0.3, -0.25) is 4.90 Å². The van der Waals surface area contributed by atoms with Crippen LogP contribution < -0.4 is 0 Å². The van der Waals surface area contributed by atoms with Crippen LogP contribution in [0.15, 0.2) is 0 Å². The molecule has 1 fully saturated rings. The molecule has 0 N–H and O–H groups in total. The second-order valence-corrected chi connectivity index (χ2v) is 2.15. The van der Waals surface area contributed by atoms with Crippen molar-refractivity contribution in [3.8, 4) is 0 Å². The molecular weight excluding hydrogens is 90.1 g/mol. The van der Waals surface area contributed by atoms with Gasteiger partial charge in [0.15, 0.2) is 0 Å². The molecule has 0 spiro atoms. The molecule has 1 rings (SSSR count). The highest BCUT2D eigenvalue weighted by Crippen LogP contribution is 2.02. The number of nitrogens with zero attached hydrogens (tertiary/aromatic N) is 1. The van der Waals surface area contributed by atoms with Crippen LogP contribution in [-0.4, -0.2) is 31.3 Å². The van der Waals surface area contributed by atoms with E-state index in [2.05, 4.69) is 18.9 Å². The maximum atomic E-state index is 5.19. The van der Waals surface area contributed by atoms with Gasteiger partial charge in [-0.05, 0) is 14.0 Å². The van der Waals surface area contributed by atoms with Crippen LogP contribution >= 0.6 is 0 Å². The van der Waals surface area contributed by atoms with Crippen LogP contribution in [0.25, 0.3) is 0 Å². The van der Waals surface area contributed by atoms with Crippen LogP contribution in [0.5, 0.6) is 0 Å². The third-order valence-electron chi connectivity index (χ3n) is 1.15. The first-order valence-electron chi connectivity index (χ1n) is 2.59. The first-order chi connectivity index (χ1) is 3.29. The van der Waals surface area contributed by atoms with Crippen LogP contribution in [0.1, 0.15) is 6.92 Å². The van der Waals surface area contributed by atoms with Crippen molar-refractivity contribution < 1.29 is 4.74 Å². The number of hydrogen-bond donors (Lipinski definition) is 0. The topological polar surface area (TPSA) is 12.5 Å². The van der Waals surface area contributed by atoms with Crippen LogP contribution in [0.3, 0.4) is 0 Å². The first kappa shape index (κ1) is 5.06. The van der Waals surface area contributed by atoms with E-state index in [0.717, 1.165) is 13.3 Å². The molecule has 0 radical (unpaired) electrons. The molecule has 0 unspecified atom stereocenters. The summed E-state index contributed by atoms with van der Waals surface area (Å²) in [5.74, 6) is 0. The lowest BCUT2D eigenvalue weighted by Crippen LogP contribution is -2.14. The van der Waals surface area contributed by atoms with Crippen molar-refractivity contribution in [2.75, 3.05) is 20.3 Å². The zero-order valence-corrected chi connectivity index (χ0v) is 4.85. The van der Waals surface area contributed by atoms with E-state index in [9.17, 15) is 0 Å². The summed E-state index contributed by atoms with van der Waals surface area (Å²) in [6.45, 7) is 3.98. The van der Waals surface area contributed by atoms with Gasteiger partial charge in [0.1, 0.15) is 0 Å². The minimum Gasteiger partial charge on any atom is -0.362 e. The molecule has 42 valence electrons. The predicted molar refractivity (Wildman–Crippen MR) is 28.0 cm³/mol.